The van der Waals surface area contributed by atoms with Gasteiger partial charge in [-0.25, -0.2) is 4.79 Å². The molecule has 6 heteroatoms. The first kappa shape index (κ1) is 15.3. The summed E-state index contributed by atoms with van der Waals surface area (Å²) in [5.74, 6) is -1.28. The number of carbonyl (C=O) groups excluding carboxylic acids is 1. The van der Waals surface area contributed by atoms with Gasteiger partial charge in [0.05, 0.1) is 24.2 Å². The van der Waals surface area contributed by atoms with Crippen LogP contribution in [-0.4, -0.2) is 59.9 Å². The number of carbonyl (C=O) groups is 2. The molecule has 6 nitrogen and oxygen atoms in total. The minimum Gasteiger partial charge on any atom is -0.480 e. The van der Waals surface area contributed by atoms with E-state index in [4.69, 9.17) is 9.47 Å². The van der Waals surface area contributed by atoms with Crippen molar-refractivity contribution in [2.75, 3.05) is 13.7 Å². The van der Waals surface area contributed by atoms with Crippen LogP contribution >= 0.6 is 0 Å². The quantitative estimate of drug-likeness (QED) is 0.828. The molecule has 114 valence electrons. The average Bonchev–Trinajstić information content (AvgIpc) is 2.92. The molecule has 0 aromatic rings. The molecule has 6 atom stereocenters. The minimum atomic E-state index is -0.967. The van der Waals surface area contributed by atoms with E-state index < -0.39 is 12.0 Å². The number of aliphatic carboxylic acids is 1. The summed E-state index contributed by atoms with van der Waals surface area (Å²) < 4.78 is 10.9. The predicted octanol–water partition coefficient (Wildman–Crippen LogP) is 0.746. The second-order valence-electron chi connectivity index (χ2n) is 5.87. The van der Waals surface area contributed by atoms with Crippen LogP contribution < -0.4 is 0 Å². The van der Waals surface area contributed by atoms with Crippen molar-refractivity contribution in [3.05, 3.63) is 0 Å². The lowest BCUT2D eigenvalue weighted by Gasteiger charge is -2.27. The van der Waals surface area contributed by atoms with Crippen LogP contribution in [0.25, 0.3) is 0 Å². The summed E-state index contributed by atoms with van der Waals surface area (Å²) in [5, 5.41) is 9.29. The largest absolute Gasteiger partial charge is 0.480 e. The topological polar surface area (TPSA) is 76.1 Å². The van der Waals surface area contributed by atoms with E-state index in [2.05, 4.69) is 0 Å². The summed E-state index contributed by atoms with van der Waals surface area (Å²) in [6.45, 7) is 6.15. The van der Waals surface area contributed by atoms with E-state index in [0.717, 1.165) is 0 Å². The Morgan fingerprint density at radius 1 is 1.25 bits per heavy atom. The van der Waals surface area contributed by atoms with Crippen LogP contribution in [0.2, 0.25) is 0 Å². The van der Waals surface area contributed by atoms with Crippen LogP contribution in [0.5, 0.6) is 0 Å². The van der Waals surface area contributed by atoms with Crippen LogP contribution in [0.1, 0.15) is 27.2 Å². The van der Waals surface area contributed by atoms with E-state index in [-0.39, 0.29) is 36.1 Å². The van der Waals surface area contributed by atoms with Gasteiger partial charge in [-0.05, 0) is 19.8 Å². The van der Waals surface area contributed by atoms with Gasteiger partial charge in [-0.3, -0.25) is 4.79 Å². The van der Waals surface area contributed by atoms with Crippen molar-refractivity contribution >= 4 is 11.9 Å². The van der Waals surface area contributed by atoms with Crippen LogP contribution in [-0.2, 0) is 19.1 Å². The van der Waals surface area contributed by atoms with Crippen molar-refractivity contribution in [2.24, 2.45) is 11.8 Å². The van der Waals surface area contributed by atoms with Crippen LogP contribution in [0, 0.1) is 11.8 Å². The molecule has 2 aliphatic heterocycles. The fraction of sp³-hybridized carbons (Fsp3) is 0.857. The molecule has 6 unspecified atom stereocenters. The molecule has 2 heterocycles. The molecule has 1 N–H and O–H groups in total. The summed E-state index contributed by atoms with van der Waals surface area (Å²) in [6.07, 6.45) is -0.0132. The average molecular weight is 285 g/mol. The van der Waals surface area contributed by atoms with E-state index >= 15 is 0 Å². The molecule has 0 radical (unpaired) electrons. The highest BCUT2D eigenvalue weighted by Gasteiger charge is 2.48. The first-order chi connectivity index (χ1) is 9.36. The number of rotatable bonds is 3. The van der Waals surface area contributed by atoms with E-state index in [0.29, 0.717) is 13.0 Å². The number of amides is 1. The van der Waals surface area contributed by atoms with E-state index in [1.54, 1.807) is 7.11 Å². The van der Waals surface area contributed by atoms with Gasteiger partial charge >= 0.3 is 5.97 Å². The molecule has 0 saturated carbocycles. The minimum absolute atomic E-state index is 0.0167. The van der Waals surface area contributed by atoms with Gasteiger partial charge < -0.3 is 19.5 Å². The van der Waals surface area contributed by atoms with Crippen molar-refractivity contribution in [3.8, 4) is 0 Å². The summed E-state index contributed by atoms with van der Waals surface area (Å²) >= 11 is 0. The summed E-state index contributed by atoms with van der Waals surface area (Å²) in [4.78, 5) is 25.5. The molecule has 20 heavy (non-hydrogen) atoms. The molecule has 2 rings (SSSR count). The van der Waals surface area contributed by atoms with E-state index in [9.17, 15) is 14.7 Å². The molecule has 1 amide bonds. The Kier molecular flexibility index (Phi) is 4.34. The molecule has 2 saturated heterocycles. The number of ether oxygens (including phenoxy) is 2. The molecule has 0 spiro atoms. The molecule has 2 fully saturated rings. The second-order valence-corrected chi connectivity index (χ2v) is 5.87. The number of likely N-dealkylation sites (tertiary alicyclic amines) is 1. The zero-order valence-corrected chi connectivity index (χ0v) is 12.4. The van der Waals surface area contributed by atoms with Gasteiger partial charge in [0.25, 0.3) is 0 Å². The zero-order chi connectivity index (χ0) is 15.0. The smallest absolute Gasteiger partial charge is 0.326 e. The van der Waals surface area contributed by atoms with Gasteiger partial charge in [0.2, 0.25) is 5.91 Å². The van der Waals surface area contributed by atoms with E-state index in [1.165, 1.54) is 4.90 Å². The second kappa shape index (κ2) is 5.69. The molecular weight excluding hydrogens is 262 g/mol. The molecule has 2 aliphatic rings. The van der Waals surface area contributed by atoms with Crippen LogP contribution in [0.4, 0.5) is 0 Å². The maximum absolute atomic E-state index is 12.7. The third-order valence-corrected chi connectivity index (χ3v) is 4.69. The lowest BCUT2D eigenvalue weighted by Crippen LogP contribution is -2.46. The van der Waals surface area contributed by atoms with Gasteiger partial charge in [-0.2, -0.15) is 0 Å². The van der Waals surface area contributed by atoms with Crippen LogP contribution in [0.3, 0.4) is 0 Å². The number of carboxylic acids is 1. The highest BCUT2D eigenvalue weighted by molar-refractivity contribution is 5.86. The van der Waals surface area contributed by atoms with Crippen molar-refractivity contribution in [1.82, 2.24) is 4.90 Å². The number of hydrogen-bond donors (Lipinski definition) is 1. The summed E-state index contributed by atoms with van der Waals surface area (Å²) in [5.41, 5.74) is 0. The Labute approximate surface area is 119 Å². The van der Waals surface area contributed by atoms with Gasteiger partial charge in [0, 0.05) is 20.1 Å². The van der Waals surface area contributed by atoms with Crippen LogP contribution in [0.15, 0.2) is 0 Å². The Bertz CT molecular complexity index is 399. The van der Waals surface area contributed by atoms with Crippen molar-refractivity contribution in [1.29, 1.82) is 0 Å². The highest BCUT2D eigenvalue weighted by Crippen LogP contribution is 2.35. The summed E-state index contributed by atoms with van der Waals surface area (Å²) in [6, 6.07) is -0.789. The third kappa shape index (κ3) is 2.54. The Morgan fingerprint density at radius 2 is 1.90 bits per heavy atom. The molecule has 0 aliphatic carbocycles. The fourth-order valence-corrected chi connectivity index (χ4v) is 3.33. The Hall–Kier alpha value is -1.14. The highest BCUT2D eigenvalue weighted by atomic mass is 16.5. The van der Waals surface area contributed by atoms with Crippen molar-refractivity contribution in [2.45, 2.75) is 51.5 Å². The monoisotopic (exact) mass is 285 g/mol. The Morgan fingerprint density at radius 3 is 2.35 bits per heavy atom. The van der Waals surface area contributed by atoms with Crippen molar-refractivity contribution < 1.29 is 24.2 Å². The van der Waals surface area contributed by atoms with E-state index in [1.807, 2.05) is 20.8 Å². The van der Waals surface area contributed by atoms with Gasteiger partial charge in [-0.1, -0.05) is 6.92 Å². The number of hydrogen-bond acceptors (Lipinski definition) is 4. The zero-order valence-electron chi connectivity index (χ0n) is 12.4. The standard InChI is InChI=1S/C14H23NO5/c1-7-8(2)20-9(3)12(7)13(16)15-6-10(19-4)5-11(15)14(17)18/h7-12H,5-6H2,1-4H3,(H,17,18). The third-order valence-electron chi connectivity index (χ3n) is 4.69. The maximum atomic E-state index is 12.7. The number of methoxy groups -OCH3 is 1. The lowest BCUT2D eigenvalue weighted by molar-refractivity contribution is -0.151. The Balaban J connectivity index is 2.17. The van der Waals surface area contributed by atoms with Gasteiger partial charge in [0.15, 0.2) is 0 Å². The molecule has 0 aromatic heterocycles. The normalized spacial score (nSPS) is 41.1. The predicted molar refractivity (Wildman–Crippen MR) is 71.2 cm³/mol. The van der Waals surface area contributed by atoms with Gasteiger partial charge in [-0.15, -0.1) is 0 Å². The molecule has 0 aromatic carbocycles. The SMILES string of the molecule is COC1CC(C(=O)O)N(C(=O)C2C(C)OC(C)C2C)C1. The number of carboxylic acid groups (broad SMARTS) is 1. The first-order valence-electron chi connectivity index (χ1n) is 7.08. The lowest BCUT2D eigenvalue weighted by atomic mass is 9.88. The maximum Gasteiger partial charge on any atom is 0.326 e. The molecular formula is C14H23NO5. The summed E-state index contributed by atoms with van der Waals surface area (Å²) in [7, 11) is 1.55. The molecule has 0 bridgehead atoms. The number of nitrogens with zero attached hydrogens (tertiary/aromatic N) is 1. The first-order valence-corrected chi connectivity index (χ1v) is 7.08. The fourth-order valence-electron chi connectivity index (χ4n) is 3.33. The van der Waals surface area contributed by atoms with Gasteiger partial charge in [0.1, 0.15) is 6.04 Å². The van der Waals surface area contributed by atoms with Crippen molar-refractivity contribution in [3.63, 3.8) is 0 Å².